The zero-order valence-corrected chi connectivity index (χ0v) is 13.1. The summed E-state index contributed by atoms with van der Waals surface area (Å²) >= 11 is 0. The summed E-state index contributed by atoms with van der Waals surface area (Å²) in [5.41, 5.74) is 9.90. The SMILES string of the molecule is Cc1ccc(C2CCCN2C(=O)C2CCC(N)C2)cc1C. The van der Waals surface area contributed by atoms with E-state index in [9.17, 15) is 4.79 Å². The van der Waals surface area contributed by atoms with E-state index in [2.05, 4.69) is 36.9 Å². The average molecular weight is 286 g/mol. The van der Waals surface area contributed by atoms with Crippen LogP contribution in [0.1, 0.15) is 54.8 Å². The van der Waals surface area contributed by atoms with Gasteiger partial charge in [-0.2, -0.15) is 0 Å². The molecule has 1 aromatic rings. The Morgan fingerprint density at radius 2 is 2.00 bits per heavy atom. The number of benzene rings is 1. The van der Waals surface area contributed by atoms with Gasteiger partial charge in [0.05, 0.1) is 6.04 Å². The van der Waals surface area contributed by atoms with Crippen LogP contribution in [0.2, 0.25) is 0 Å². The van der Waals surface area contributed by atoms with Crippen LogP contribution in [0, 0.1) is 19.8 Å². The summed E-state index contributed by atoms with van der Waals surface area (Å²) in [4.78, 5) is 14.9. The highest BCUT2D eigenvalue weighted by Crippen LogP contribution is 2.36. The van der Waals surface area contributed by atoms with Gasteiger partial charge in [0.15, 0.2) is 0 Å². The first-order valence-electron chi connectivity index (χ1n) is 8.19. The van der Waals surface area contributed by atoms with Crippen molar-refractivity contribution in [3.63, 3.8) is 0 Å². The topological polar surface area (TPSA) is 46.3 Å². The van der Waals surface area contributed by atoms with Crippen molar-refractivity contribution < 1.29 is 4.79 Å². The molecule has 2 aliphatic rings. The second-order valence-electron chi connectivity index (χ2n) is 6.80. The molecule has 3 atom stereocenters. The van der Waals surface area contributed by atoms with Crippen molar-refractivity contribution in [2.75, 3.05) is 6.54 Å². The number of hydrogen-bond acceptors (Lipinski definition) is 2. The van der Waals surface area contributed by atoms with Crippen LogP contribution >= 0.6 is 0 Å². The van der Waals surface area contributed by atoms with Gasteiger partial charge in [-0.1, -0.05) is 18.2 Å². The maximum Gasteiger partial charge on any atom is 0.226 e. The molecule has 0 radical (unpaired) electrons. The molecule has 3 unspecified atom stereocenters. The van der Waals surface area contributed by atoms with Crippen molar-refractivity contribution >= 4 is 5.91 Å². The Hall–Kier alpha value is -1.35. The van der Waals surface area contributed by atoms with Gasteiger partial charge in [-0.05, 0) is 62.6 Å². The lowest BCUT2D eigenvalue weighted by atomic mass is 9.98. The fourth-order valence-electron chi connectivity index (χ4n) is 3.82. The van der Waals surface area contributed by atoms with Crippen LogP contribution < -0.4 is 5.73 Å². The maximum atomic E-state index is 12.8. The van der Waals surface area contributed by atoms with E-state index in [-0.39, 0.29) is 18.0 Å². The van der Waals surface area contributed by atoms with Crippen LogP contribution in [0.4, 0.5) is 0 Å². The molecule has 1 heterocycles. The molecule has 3 nitrogen and oxygen atoms in total. The highest BCUT2D eigenvalue weighted by atomic mass is 16.2. The third kappa shape index (κ3) is 2.84. The quantitative estimate of drug-likeness (QED) is 0.908. The van der Waals surface area contributed by atoms with E-state index in [1.165, 1.54) is 16.7 Å². The fraction of sp³-hybridized carbons (Fsp3) is 0.611. The van der Waals surface area contributed by atoms with E-state index in [1.807, 2.05) is 0 Å². The molecule has 3 rings (SSSR count). The third-order valence-electron chi connectivity index (χ3n) is 5.27. The van der Waals surface area contributed by atoms with E-state index < -0.39 is 0 Å². The molecule has 1 aromatic carbocycles. The molecular formula is C18H26N2O. The predicted octanol–water partition coefficient (Wildman–Crippen LogP) is 3.09. The summed E-state index contributed by atoms with van der Waals surface area (Å²) in [5.74, 6) is 0.496. The normalized spacial score (nSPS) is 29.1. The van der Waals surface area contributed by atoms with Gasteiger partial charge in [0, 0.05) is 18.5 Å². The fourth-order valence-corrected chi connectivity index (χ4v) is 3.82. The van der Waals surface area contributed by atoms with Gasteiger partial charge < -0.3 is 10.6 Å². The van der Waals surface area contributed by atoms with Gasteiger partial charge in [0.2, 0.25) is 5.91 Å². The van der Waals surface area contributed by atoms with Crippen LogP contribution in [0.15, 0.2) is 18.2 Å². The highest BCUT2D eigenvalue weighted by molar-refractivity contribution is 5.80. The van der Waals surface area contributed by atoms with Gasteiger partial charge in [-0.3, -0.25) is 4.79 Å². The summed E-state index contributed by atoms with van der Waals surface area (Å²) in [6.45, 7) is 5.19. The van der Waals surface area contributed by atoms with Gasteiger partial charge in [0.1, 0.15) is 0 Å². The van der Waals surface area contributed by atoms with E-state index in [0.29, 0.717) is 5.91 Å². The van der Waals surface area contributed by atoms with E-state index in [4.69, 9.17) is 5.73 Å². The Balaban J connectivity index is 1.78. The summed E-state index contributed by atoms with van der Waals surface area (Å²) in [5, 5.41) is 0. The number of carbonyl (C=O) groups is 1. The smallest absolute Gasteiger partial charge is 0.226 e. The molecule has 2 fully saturated rings. The number of hydrogen-bond donors (Lipinski definition) is 1. The molecule has 0 bridgehead atoms. The van der Waals surface area contributed by atoms with Crippen LogP contribution in [0.25, 0.3) is 0 Å². The standard InChI is InChI=1S/C18H26N2O/c1-12-5-6-14(10-13(12)2)17-4-3-9-20(17)18(21)15-7-8-16(19)11-15/h5-6,10,15-17H,3-4,7-9,11,19H2,1-2H3. The lowest BCUT2D eigenvalue weighted by Gasteiger charge is -2.28. The van der Waals surface area contributed by atoms with Gasteiger partial charge in [0.25, 0.3) is 0 Å². The average Bonchev–Trinajstić information content (AvgIpc) is 3.10. The summed E-state index contributed by atoms with van der Waals surface area (Å²) in [6, 6.07) is 7.12. The van der Waals surface area contributed by atoms with E-state index >= 15 is 0 Å². The zero-order chi connectivity index (χ0) is 15.0. The van der Waals surface area contributed by atoms with Gasteiger partial charge >= 0.3 is 0 Å². The number of nitrogens with zero attached hydrogens (tertiary/aromatic N) is 1. The molecule has 1 saturated carbocycles. The van der Waals surface area contributed by atoms with E-state index in [0.717, 1.165) is 38.6 Å². The first kappa shape index (κ1) is 14.6. The highest BCUT2D eigenvalue weighted by Gasteiger charge is 2.36. The third-order valence-corrected chi connectivity index (χ3v) is 5.27. The monoisotopic (exact) mass is 286 g/mol. The lowest BCUT2D eigenvalue weighted by molar-refractivity contribution is -0.136. The Kier molecular flexibility index (Phi) is 4.03. The minimum atomic E-state index is 0.159. The summed E-state index contributed by atoms with van der Waals surface area (Å²) in [6.07, 6.45) is 5.04. The lowest BCUT2D eigenvalue weighted by Crippen LogP contribution is -2.35. The van der Waals surface area contributed by atoms with Crippen molar-refractivity contribution in [3.8, 4) is 0 Å². The molecule has 1 saturated heterocycles. The molecule has 2 N–H and O–H groups in total. The number of carbonyl (C=O) groups excluding carboxylic acids is 1. The molecule has 1 aliphatic heterocycles. The minimum absolute atomic E-state index is 0.159. The summed E-state index contributed by atoms with van der Waals surface area (Å²) in [7, 11) is 0. The Bertz CT molecular complexity index is 540. The molecule has 0 aromatic heterocycles. The Labute approximate surface area is 127 Å². The molecule has 1 aliphatic carbocycles. The van der Waals surface area contributed by atoms with Crippen molar-refractivity contribution in [1.82, 2.24) is 4.90 Å². The number of aryl methyl sites for hydroxylation is 2. The Morgan fingerprint density at radius 3 is 2.67 bits per heavy atom. The van der Waals surface area contributed by atoms with Crippen molar-refractivity contribution in [2.24, 2.45) is 11.7 Å². The number of amides is 1. The predicted molar refractivity (Wildman–Crippen MR) is 84.9 cm³/mol. The number of nitrogens with two attached hydrogens (primary N) is 1. The van der Waals surface area contributed by atoms with Crippen LogP contribution in [0.5, 0.6) is 0 Å². The largest absolute Gasteiger partial charge is 0.335 e. The number of likely N-dealkylation sites (tertiary alicyclic amines) is 1. The maximum absolute atomic E-state index is 12.8. The van der Waals surface area contributed by atoms with Crippen molar-refractivity contribution in [1.29, 1.82) is 0 Å². The first-order chi connectivity index (χ1) is 10.1. The number of rotatable bonds is 2. The van der Waals surface area contributed by atoms with Crippen LogP contribution in [-0.2, 0) is 4.79 Å². The zero-order valence-electron chi connectivity index (χ0n) is 13.1. The molecule has 114 valence electrons. The molecular weight excluding hydrogens is 260 g/mol. The molecule has 3 heteroatoms. The van der Waals surface area contributed by atoms with Crippen molar-refractivity contribution in [3.05, 3.63) is 34.9 Å². The second-order valence-corrected chi connectivity index (χ2v) is 6.80. The first-order valence-corrected chi connectivity index (χ1v) is 8.19. The van der Waals surface area contributed by atoms with Gasteiger partial charge in [-0.25, -0.2) is 0 Å². The Morgan fingerprint density at radius 1 is 1.19 bits per heavy atom. The van der Waals surface area contributed by atoms with Crippen molar-refractivity contribution in [2.45, 2.75) is 58.0 Å². The molecule has 1 amide bonds. The minimum Gasteiger partial charge on any atom is -0.335 e. The summed E-state index contributed by atoms with van der Waals surface area (Å²) < 4.78 is 0. The molecule has 21 heavy (non-hydrogen) atoms. The van der Waals surface area contributed by atoms with Gasteiger partial charge in [-0.15, -0.1) is 0 Å². The van der Waals surface area contributed by atoms with E-state index in [1.54, 1.807) is 0 Å². The van der Waals surface area contributed by atoms with Crippen LogP contribution in [0.3, 0.4) is 0 Å². The second kappa shape index (κ2) is 5.80. The van der Waals surface area contributed by atoms with Crippen LogP contribution in [-0.4, -0.2) is 23.4 Å². The molecule has 0 spiro atoms.